The smallest absolute Gasteiger partial charge is 0.416 e. The number of halogens is 3. The number of nitrogens with one attached hydrogen (secondary N) is 1. The molecule has 2 rings (SSSR count). The van der Waals surface area contributed by atoms with Gasteiger partial charge < -0.3 is 9.84 Å². The second-order valence-corrected chi connectivity index (χ2v) is 7.30. The Morgan fingerprint density at radius 1 is 1.11 bits per heavy atom. The highest BCUT2D eigenvalue weighted by molar-refractivity contribution is 7.89. The van der Waals surface area contributed by atoms with E-state index in [1.54, 1.807) is 0 Å². The maximum Gasteiger partial charge on any atom is 0.416 e. The zero-order valence-electron chi connectivity index (χ0n) is 14.0. The third-order valence-electron chi connectivity index (χ3n) is 3.65. The highest BCUT2D eigenvalue weighted by Gasteiger charge is 2.31. The number of hydrogen-bond donors (Lipinski definition) is 2. The van der Waals surface area contributed by atoms with E-state index in [9.17, 15) is 31.5 Å². The number of hydrogen-bond acceptors (Lipinski definition) is 5. The van der Waals surface area contributed by atoms with Crippen molar-refractivity contribution in [2.45, 2.75) is 23.5 Å². The van der Waals surface area contributed by atoms with Crippen molar-refractivity contribution < 1.29 is 36.2 Å². The van der Waals surface area contributed by atoms with Crippen molar-refractivity contribution in [2.24, 2.45) is 0 Å². The molecule has 27 heavy (non-hydrogen) atoms. The maximum absolute atomic E-state index is 12.6. The lowest BCUT2D eigenvalue weighted by Gasteiger charge is -2.17. The first-order chi connectivity index (χ1) is 12.5. The zero-order valence-corrected chi connectivity index (χ0v) is 14.8. The predicted molar refractivity (Wildman–Crippen MR) is 89.4 cm³/mol. The molecule has 2 N–H and O–H groups in total. The second kappa shape index (κ2) is 7.97. The van der Waals surface area contributed by atoms with Gasteiger partial charge in [0, 0.05) is 0 Å². The van der Waals surface area contributed by atoms with E-state index in [1.165, 1.54) is 24.3 Å². The first-order valence-electron chi connectivity index (χ1n) is 7.58. The molecule has 0 amide bonds. The molecule has 0 saturated carbocycles. The third kappa shape index (κ3) is 5.44. The van der Waals surface area contributed by atoms with Gasteiger partial charge in [0.2, 0.25) is 10.0 Å². The number of phenols is 1. The molecule has 0 fully saturated rings. The van der Waals surface area contributed by atoms with Crippen molar-refractivity contribution in [3.63, 3.8) is 0 Å². The first-order valence-corrected chi connectivity index (χ1v) is 9.06. The summed E-state index contributed by atoms with van der Waals surface area (Å²) in [5, 5.41) is 9.28. The number of alkyl halides is 3. The summed E-state index contributed by atoms with van der Waals surface area (Å²) in [7, 11) is -3.19. The number of sulfonamides is 1. The molecule has 2 aromatic carbocycles. The molecule has 0 bridgehead atoms. The normalized spacial score (nSPS) is 13.2. The van der Waals surface area contributed by atoms with Crippen molar-refractivity contribution in [3.05, 3.63) is 59.7 Å². The quantitative estimate of drug-likeness (QED) is 0.723. The van der Waals surface area contributed by atoms with Gasteiger partial charge in [-0.2, -0.15) is 17.9 Å². The van der Waals surface area contributed by atoms with E-state index < -0.39 is 38.7 Å². The average molecular weight is 403 g/mol. The molecule has 6 nitrogen and oxygen atoms in total. The Labute approximate surface area is 153 Å². The molecule has 0 aromatic heterocycles. The molecule has 10 heteroatoms. The first kappa shape index (κ1) is 20.7. The Morgan fingerprint density at radius 3 is 2.15 bits per heavy atom. The van der Waals surface area contributed by atoms with Crippen LogP contribution in [0.2, 0.25) is 0 Å². The Hall–Kier alpha value is -2.59. The summed E-state index contributed by atoms with van der Waals surface area (Å²) in [5.41, 5.74) is -0.451. The Bertz CT molecular complexity index is 894. The van der Waals surface area contributed by atoms with Crippen LogP contribution >= 0.6 is 0 Å². The fourth-order valence-electron chi connectivity index (χ4n) is 2.26. The van der Waals surface area contributed by atoms with Gasteiger partial charge in [-0.15, -0.1) is 0 Å². The van der Waals surface area contributed by atoms with E-state index in [-0.39, 0.29) is 12.2 Å². The minimum Gasteiger partial charge on any atom is -0.508 e. The maximum atomic E-state index is 12.6. The Kier molecular flexibility index (Phi) is 6.11. The number of aromatic hydroxyl groups is 1. The van der Waals surface area contributed by atoms with Crippen molar-refractivity contribution in [1.29, 1.82) is 0 Å². The third-order valence-corrected chi connectivity index (χ3v) is 5.14. The van der Waals surface area contributed by atoms with Crippen LogP contribution in [-0.4, -0.2) is 32.6 Å². The summed E-state index contributed by atoms with van der Waals surface area (Å²) in [6.07, 6.45) is -4.67. The van der Waals surface area contributed by atoms with Crippen LogP contribution in [-0.2, 0) is 32.2 Å². The lowest BCUT2D eigenvalue weighted by atomic mass is 10.1. The number of benzene rings is 2. The predicted octanol–water partition coefficient (Wildman–Crippen LogP) is 2.47. The molecule has 1 atom stereocenters. The minimum atomic E-state index is -4.59. The van der Waals surface area contributed by atoms with Crippen LogP contribution in [0.1, 0.15) is 11.1 Å². The molecule has 0 heterocycles. The highest BCUT2D eigenvalue weighted by atomic mass is 32.2. The zero-order chi connectivity index (χ0) is 20.2. The minimum absolute atomic E-state index is 0.00120. The van der Waals surface area contributed by atoms with Gasteiger partial charge in [0.25, 0.3) is 0 Å². The largest absolute Gasteiger partial charge is 0.508 e. The second-order valence-electron chi connectivity index (χ2n) is 5.59. The topological polar surface area (TPSA) is 92.7 Å². The van der Waals surface area contributed by atoms with Crippen LogP contribution in [0.15, 0.2) is 53.4 Å². The summed E-state index contributed by atoms with van der Waals surface area (Å²) in [6, 6.07) is 7.33. The molecule has 0 radical (unpaired) electrons. The fourth-order valence-corrected chi connectivity index (χ4v) is 3.45. The van der Waals surface area contributed by atoms with E-state index >= 15 is 0 Å². The molecule has 2 aromatic rings. The van der Waals surface area contributed by atoms with Gasteiger partial charge in [0.15, 0.2) is 0 Å². The Balaban J connectivity index is 2.24. The van der Waals surface area contributed by atoms with Gasteiger partial charge in [0.05, 0.1) is 17.6 Å². The van der Waals surface area contributed by atoms with E-state index in [4.69, 9.17) is 0 Å². The number of esters is 1. The number of carbonyl (C=O) groups is 1. The molecule has 0 aliphatic heterocycles. The van der Waals surface area contributed by atoms with E-state index in [0.29, 0.717) is 17.7 Å². The molecule has 146 valence electrons. The lowest BCUT2D eigenvalue weighted by molar-refractivity contribution is -0.142. The number of ether oxygens (including phenoxy) is 1. The SMILES string of the molecule is COC(=O)[C@H](Cc1ccc(O)cc1)NS(=O)(=O)c1ccc(C(F)(F)F)cc1. The van der Waals surface area contributed by atoms with Gasteiger partial charge in [-0.1, -0.05) is 12.1 Å². The fraction of sp³-hybridized carbons (Fsp3) is 0.235. The summed E-state index contributed by atoms with van der Waals surface area (Å²) in [6.45, 7) is 0. The van der Waals surface area contributed by atoms with Gasteiger partial charge >= 0.3 is 12.1 Å². The molecule has 0 spiro atoms. The van der Waals surface area contributed by atoms with Crippen molar-refractivity contribution in [2.75, 3.05) is 7.11 Å². The van der Waals surface area contributed by atoms with Crippen LogP contribution in [0.3, 0.4) is 0 Å². The summed E-state index contributed by atoms with van der Waals surface area (Å²) in [5.74, 6) is -0.864. The molecule has 0 saturated heterocycles. The van der Waals surface area contributed by atoms with Crippen LogP contribution in [0, 0.1) is 0 Å². The average Bonchev–Trinajstić information content (AvgIpc) is 2.61. The molecular formula is C17H16F3NO5S. The summed E-state index contributed by atoms with van der Waals surface area (Å²) < 4.78 is 69.4. The van der Waals surface area contributed by atoms with Crippen LogP contribution < -0.4 is 4.72 Å². The molecule has 0 unspecified atom stereocenters. The standard InChI is InChI=1S/C17H16F3NO5S/c1-26-16(23)15(10-11-2-6-13(22)7-3-11)21-27(24,25)14-8-4-12(5-9-14)17(18,19)20/h2-9,15,21-22H,10H2,1H3/t15-/m0/s1. The van der Waals surface area contributed by atoms with Crippen molar-refractivity contribution in [1.82, 2.24) is 4.72 Å². The van der Waals surface area contributed by atoms with Crippen LogP contribution in [0.25, 0.3) is 0 Å². The molecular weight excluding hydrogens is 387 g/mol. The Morgan fingerprint density at radius 2 is 1.67 bits per heavy atom. The van der Waals surface area contributed by atoms with Gasteiger partial charge in [-0.3, -0.25) is 4.79 Å². The molecule has 0 aliphatic carbocycles. The van der Waals surface area contributed by atoms with E-state index in [1.807, 2.05) is 0 Å². The van der Waals surface area contributed by atoms with E-state index in [2.05, 4.69) is 9.46 Å². The molecule has 0 aliphatic rings. The van der Waals surface area contributed by atoms with Crippen molar-refractivity contribution >= 4 is 16.0 Å². The number of carbonyl (C=O) groups excluding carboxylic acids is 1. The summed E-state index contributed by atoms with van der Waals surface area (Å²) in [4.78, 5) is 11.5. The van der Waals surface area contributed by atoms with Gasteiger partial charge in [0.1, 0.15) is 11.8 Å². The highest BCUT2D eigenvalue weighted by Crippen LogP contribution is 2.29. The summed E-state index contributed by atoms with van der Waals surface area (Å²) >= 11 is 0. The number of methoxy groups -OCH3 is 1. The van der Waals surface area contributed by atoms with Gasteiger partial charge in [-0.25, -0.2) is 8.42 Å². The monoisotopic (exact) mass is 403 g/mol. The van der Waals surface area contributed by atoms with Crippen LogP contribution in [0.4, 0.5) is 13.2 Å². The van der Waals surface area contributed by atoms with Gasteiger partial charge in [-0.05, 0) is 48.4 Å². The van der Waals surface area contributed by atoms with E-state index in [0.717, 1.165) is 19.2 Å². The lowest BCUT2D eigenvalue weighted by Crippen LogP contribution is -2.43. The van der Waals surface area contributed by atoms with Crippen LogP contribution in [0.5, 0.6) is 5.75 Å². The number of phenolic OH excluding ortho intramolecular Hbond substituents is 1. The van der Waals surface area contributed by atoms with Crippen molar-refractivity contribution in [3.8, 4) is 5.75 Å². The number of rotatable bonds is 6.